The molecule has 12 heteroatoms. The van der Waals surface area contributed by atoms with E-state index in [9.17, 15) is 14.0 Å². The minimum absolute atomic E-state index is 0.146. The highest BCUT2D eigenvalue weighted by atomic mass is 32.2. The van der Waals surface area contributed by atoms with Crippen LogP contribution in [-0.2, 0) is 22.6 Å². The van der Waals surface area contributed by atoms with Gasteiger partial charge in [-0.25, -0.2) is 24.1 Å². The highest BCUT2D eigenvalue weighted by Crippen LogP contribution is 2.36. The number of hydrogen-bond donors (Lipinski definition) is 2. The number of morpholine rings is 1. The van der Waals surface area contributed by atoms with Crippen molar-refractivity contribution in [1.82, 2.24) is 19.9 Å². The molecule has 0 saturated carbocycles. The Morgan fingerprint density at radius 3 is 2.64 bits per heavy atom. The van der Waals surface area contributed by atoms with Crippen molar-refractivity contribution in [1.29, 1.82) is 0 Å². The first-order chi connectivity index (χ1) is 22.0. The Labute approximate surface area is 263 Å². The molecule has 0 aliphatic carbocycles. The monoisotopic (exact) mass is 623 g/mol. The van der Waals surface area contributed by atoms with Gasteiger partial charge in [0.2, 0.25) is 5.91 Å². The minimum atomic E-state index is -0.297. The van der Waals surface area contributed by atoms with Crippen LogP contribution < -0.4 is 20.4 Å². The van der Waals surface area contributed by atoms with E-state index in [1.165, 1.54) is 35.1 Å². The number of aromatic nitrogens is 3. The van der Waals surface area contributed by atoms with Crippen molar-refractivity contribution < 1.29 is 18.7 Å². The van der Waals surface area contributed by atoms with Gasteiger partial charge >= 0.3 is 6.03 Å². The number of thioether (sulfide) groups is 1. The average Bonchev–Trinajstić information content (AvgIpc) is 3.46. The summed E-state index contributed by atoms with van der Waals surface area (Å²) in [6, 6.07) is 21.8. The van der Waals surface area contributed by atoms with Gasteiger partial charge in [0.25, 0.3) is 0 Å². The quantitative estimate of drug-likeness (QED) is 0.173. The van der Waals surface area contributed by atoms with Gasteiger partial charge < -0.3 is 24.8 Å². The fourth-order valence-corrected chi connectivity index (χ4v) is 6.44. The van der Waals surface area contributed by atoms with Gasteiger partial charge in [0.15, 0.2) is 5.82 Å². The van der Waals surface area contributed by atoms with Crippen molar-refractivity contribution in [3.63, 3.8) is 0 Å². The lowest BCUT2D eigenvalue weighted by atomic mass is 10.1. The van der Waals surface area contributed by atoms with Crippen LogP contribution in [-0.4, -0.2) is 58.5 Å². The van der Waals surface area contributed by atoms with Gasteiger partial charge in [-0.3, -0.25) is 4.79 Å². The molecule has 0 unspecified atom stereocenters. The predicted molar refractivity (Wildman–Crippen MR) is 173 cm³/mol. The maximum absolute atomic E-state index is 13.7. The molecule has 1 saturated heterocycles. The second-order valence-corrected chi connectivity index (χ2v) is 11.7. The molecule has 2 N–H and O–H groups in total. The summed E-state index contributed by atoms with van der Waals surface area (Å²) in [5.74, 6) is 0.203. The molecule has 3 aromatic carbocycles. The number of hydrogen-bond acceptors (Lipinski definition) is 7. The minimum Gasteiger partial charge on any atom is -0.378 e. The maximum atomic E-state index is 13.7. The molecule has 1 fully saturated rings. The highest BCUT2D eigenvalue weighted by Gasteiger charge is 2.29. The third kappa shape index (κ3) is 6.19. The Hall–Kier alpha value is -4.94. The van der Waals surface area contributed by atoms with Crippen molar-refractivity contribution in [3.05, 3.63) is 102 Å². The van der Waals surface area contributed by atoms with Crippen LogP contribution >= 0.6 is 11.8 Å². The van der Waals surface area contributed by atoms with E-state index in [-0.39, 0.29) is 30.1 Å². The van der Waals surface area contributed by atoms with Gasteiger partial charge in [-0.05, 0) is 66.2 Å². The maximum Gasteiger partial charge on any atom is 0.327 e. The van der Waals surface area contributed by atoms with Crippen LogP contribution in [0.2, 0.25) is 0 Å². The normalized spacial score (nSPS) is 14.7. The number of carbonyl (C=O) groups is 2. The van der Waals surface area contributed by atoms with Crippen LogP contribution in [0.4, 0.5) is 32.1 Å². The molecule has 2 aliphatic rings. The van der Waals surface area contributed by atoms with Crippen LogP contribution in [0, 0.1) is 5.82 Å². The smallest absolute Gasteiger partial charge is 0.327 e. The van der Waals surface area contributed by atoms with Gasteiger partial charge in [0.1, 0.15) is 17.2 Å². The molecule has 3 amide bonds. The number of urea groups is 1. The fraction of sp³-hybridized carbons (Fsp3) is 0.212. The summed E-state index contributed by atoms with van der Waals surface area (Å²) in [5.41, 5.74) is 5.04. The first kappa shape index (κ1) is 28.8. The second kappa shape index (κ2) is 12.6. The van der Waals surface area contributed by atoms with Crippen LogP contribution in [0.25, 0.3) is 10.9 Å². The van der Waals surface area contributed by atoms with Gasteiger partial charge in [-0.1, -0.05) is 23.9 Å². The molecular formula is C33H30FN7O3S. The molecule has 10 nitrogen and oxygen atoms in total. The van der Waals surface area contributed by atoms with Crippen molar-refractivity contribution in [3.8, 4) is 0 Å². The van der Waals surface area contributed by atoms with Crippen molar-refractivity contribution in [2.75, 3.05) is 47.2 Å². The summed E-state index contributed by atoms with van der Waals surface area (Å²) in [6.45, 7) is 3.91. The number of rotatable bonds is 8. The number of anilines is 4. The highest BCUT2D eigenvalue weighted by molar-refractivity contribution is 8.00. The van der Waals surface area contributed by atoms with Gasteiger partial charge in [-0.2, -0.15) is 0 Å². The van der Waals surface area contributed by atoms with Crippen LogP contribution in [0.1, 0.15) is 11.1 Å². The molecule has 4 heterocycles. The third-order valence-corrected chi connectivity index (χ3v) is 8.87. The zero-order valence-corrected chi connectivity index (χ0v) is 25.1. The molecule has 2 aliphatic heterocycles. The van der Waals surface area contributed by atoms with Crippen molar-refractivity contribution in [2.45, 2.75) is 18.1 Å². The molecule has 45 heavy (non-hydrogen) atoms. The number of nitrogens with zero attached hydrogens (tertiary/aromatic N) is 5. The van der Waals surface area contributed by atoms with Crippen LogP contribution in [0.5, 0.6) is 0 Å². The van der Waals surface area contributed by atoms with Crippen LogP contribution in [0.3, 0.4) is 0 Å². The number of amides is 3. The largest absolute Gasteiger partial charge is 0.378 e. The third-order valence-electron chi connectivity index (χ3n) is 7.84. The second-order valence-electron chi connectivity index (χ2n) is 10.8. The molecule has 228 valence electrons. The molecule has 0 bridgehead atoms. The molecule has 0 atom stereocenters. The summed E-state index contributed by atoms with van der Waals surface area (Å²) in [6.07, 6.45) is 3.37. The molecule has 7 rings (SSSR count). The Morgan fingerprint density at radius 2 is 1.82 bits per heavy atom. The van der Waals surface area contributed by atoms with Crippen molar-refractivity contribution >= 4 is 57.5 Å². The zero-order chi connectivity index (χ0) is 30.8. The van der Waals surface area contributed by atoms with Gasteiger partial charge in [0.05, 0.1) is 31.2 Å². The number of nitrogens with one attached hydrogen (secondary N) is 2. The van der Waals surface area contributed by atoms with E-state index in [4.69, 9.17) is 4.74 Å². The number of benzene rings is 3. The summed E-state index contributed by atoms with van der Waals surface area (Å²) in [7, 11) is 0. The Morgan fingerprint density at radius 1 is 1.00 bits per heavy atom. The Bertz CT molecular complexity index is 1870. The number of carbonyl (C=O) groups excluding carboxylic acids is 2. The SMILES string of the molecule is O=C(CSc1ncnc2c1CNC(=O)N2c1ccc2c(ccn2Cc2cccc(F)c2)c1)Nc1ccc(N2CCOCC2)cc1. The first-order valence-corrected chi connectivity index (χ1v) is 15.6. The lowest BCUT2D eigenvalue weighted by Crippen LogP contribution is -2.42. The van der Waals surface area contributed by atoms with E-state index in [1.807, 2.05) is 65.4 Å². The van der Waals surface area contributed by atoms with Crippen LogP contribution in [0.15, 0.2) is 90.3 Å². The Kier molecular flexibility index (Phi) is 8.05. The predicted octanol–water partition coefficient (Wildman–Crippen LogP) is 5.55. The first-order valence-electron chi connectivity index (χ1n) is 14.6. The van der Waals surface area contributed by atoms with Gasteiger partial charge in [0, 0.05) is 53.7 Å². The summed E-state index contributed by atoms with van der Waals surface area (Å²) >= 11 is 1.30. The van der Waals surface area contributed by atoms with E-state index in [1.54, 1.807) is 6.07 Å². The summed E-state index contributed by atoms with van der Waals surface area (Å²) in [5, 5.41) is 7.43. The van der Waals surface area contributed by atoms with E-state index in [0.717, 1.165) is 46.5 Å². The lowest BCUT2D eigenvalue weighted by molar-refractivity contribution is -0.113. The molecule has 0 spiro atoms. The Balaban J connectivity index is 1.05. The molecule has 5 aromatic rings. The summed E-state index contributed by atoms with van der Waals surface area (Å²) < 4.78 is 21.2. The number of ether oxygens (including phenoxy) is 1. The van der Waals surface area contributed by atoms with E-state index in [0.29, 0.717) is 36.3 Å². The average molecular weight is 624 g/mol. The lowest BCUT2D eigenvalue weighted by Gasteiger charge is -2.29. The van der Waals surface area contributed by atoms with Gasteiger partial charge in [-0.15, -0.1) is 0 Å². The van der Waals surface area contributed by atoms with E-state index >= 15 is 0 Å². The topological polar surface area (TPSA) is 105 Å². The molecule has 2 aromatic heterocycles. The fourth-order valence-electron chi connectivity index (χ4n) is 5.64. The zero-order valence-electron chi connectivity index (χ0n) is 24.3. The standard InChI is InChI=1S/C33H30FN7O3S/c34-24-3-1-2-22(16-24)19-40-11-10-23-17-27(8-9-29(23)40)41-31-28(18-35-33(41)43)32(37-21-36-31)45-20-30(42)38-25-4-6-26(7-5-25)39-12-14-44-15-13-39/h1-11,16-17,21H,12-15,18-20H2,(H,35,43)(H,38,42). The van der Waals surface area contributed by atoms with E-state index < -0.39 is 0 Å². The number of fused-ring (bicyclic) bond motifs is 2. The molecular weight excluding hydrogens is 593 g/mol. The number of halogens is 1. The van der Waals surface area contributed by atoms with Crippen molar-refractivity contribution in [2.24, 2.45) is 0 Å². The summed E-state index contributed by atoms with van der Waals surface area (Å²) in [4.78, 5) is 38.6. The molecule has 0 radical (unpaired) electrons. The van der Waals surface area contributed by atoms with E-state index in [2.05, 4.69) is 25.5 Å².